The van der Waals surface area contributed by atoms with E-state index in [-0.39, 0.29) is 10.6 Å². The van der Waals surface area contributed by atoms with Crippen LogP contribution >= 0.6 is 23.6 Å². The minimum atomic E-state index is -1.51. The van der Waals surface area contributed by atoms with Crippen LogP contribution in [-0.2, 0) is 0 Å². The van der Waals surface area contributed by atoms with Crippen molar-refractivity contribution in [2.24, 2.45) is 0 Å². The van der Waals surface area contributed by atoms with E-state index in [0.29, 0.717) is 3.95 Å². The molecule has 0 bridgehead atoms. The first-order valence-corrected chi connectivity index (χ1v) is 5.01. The molecule has 0 radical (unpaired) electrons. The molecule has 0 saturated heterocycles. The van der Waals surface area contributed by atoms with Crippen molar-refractivity contribution in [3.8, 4) is 10.6 Å². The summed E-state index contributed by atoms with van der Waals surface area (Å²) in [5.74, 6) is -3.99. The molecule has 0 amide bonds. The Labute approximate surface area is 91.4 Å². The third-order valence-electron chi connectivity index (χ3n) is 1.70. The van der Waals surface area contributed by atoms with Gasteiger partial charge in [0, 0.05) is 0 Å². The summed E-state index contributed by atoms with van der Waals surface area (Å²) in [6.07, 6.45) is 0. The standard InChI is InChI=1S/C8H3F3N2S2/c9-4-2-1-3(5(10)6(4)11)7-12-13-8(14)15-7/h1-2H,(H,13,14). The molecule has 0 spiro atoms. The lowest BCUT2D eigenvalue weighted by Crippen LogP contribution is -1.93. The van der Waals surface area contributed by atoms with Gasteiger partial charge in [0.2, 0.25) is 0 Å². The summed E-state index contributed by atoms with van der Waals surface area (Å²) in [5, 5.41) is 6.30. The molecular formula is C8H3F3N2S2. The lowest BCUT2D eigenvalue weighted by Gasteiger charge is -1.99. The molecule has 0 atom stereocenters. The number of aromatic amines is 1. The van der Waals surface area contributed by atoms with Crippen LogP contribution in [0.25, 0.3) is 10.6 Å². The van der Waals surface area contributed by atoms with Crippen LogP contribution in [0.2, 0.25) is 0 Å². The molecule has 2 rings (SSSR count). The minimum Gasteiger partial charge on any atom is -0.258 e. The predicted octanol–water partition coefficient (Wildman–Crippen LogP) is 3.28. The topological polar surface area (TPSA) is 28.7 Å². The van der Waals surface area contributed by atoms with Gasteiger partial charge in [-0.3, -0.25) is 5.10 Å². The monoisotopic (exact) mass is 248 g/mol. The Kier molecular flexibility index (Phi) is 2.57. The van der Waals surface area contributed by atoms with Crippen molar-refractivity contribution in [2.45, 2.75) is 0 Å². The second kappa shape index (κ2) is 3.74. The Morgan fingerprint density at radius 1 is 1.20 bits per heavy atom. The SMILES string of the molecule is Fc1ccc(-c2n[nH]c(=S)s2)c(F)c1F. The van der Waals surface area contributed by atoms with Gasteiger partial charge in [-0.05, 0) is 24.4 Å². The van der Waals surface area contributed by atoms with Crippen LogP contribution in [0.1, 0.15) is 0 Å². The Morgan fingerprint density at radius 3 is 2.53 bits per heavy atom. The molecule has 7 heteroatoms. The molecule has 0 unspecified atom stereocenters. The summed E-state index contributed by atoms with van der Waals surface area (Å²) in [5.41, 5.74) is -0.105. The fourth-order valence-corrected chi connectivity index (χ4v) is 1.94. The van der Waals surface area contributed by atoms with Gasteiger partial charge < -0.3 is 0 Å². The average Bonchev–Trinajstić information content (AvgIpc) is 2.61. The van der Waals surface area contributed by atoms with Gasteiger partial charge in [0.25, 0.3) is 0 Å². The highest BCUT2D eigenvalue weighted by atomic mass is 32.1. The van der Waals surface area contributed by atoms with E-state index in [0.717, 1.165) is 23.5 Å². The van der Waals surface area contributed by atoms with Gasteiger partial charge in [-0.15, -0.1) is 0 Å². The normalized spacial score (nSPS) is 10.6. The highest BCUT2D eigenvalue weighted by Crippen LogP contribution is 2.27. The van der Waals surface area contributed by atoms with E-state index in [9.17, 15) is 13.2 Å². The molecule has 1 N–H and O–H groups in total. The Balaban J connectivity index is 2.64. The molecule has 2 aromatic rings. The summed E-state index contributed by atoms with van der Waals surface area (Å²) in [4.78, 5) is 0. The summed E-state index contributed by atoms with van der Waals surface area (Å²) in [7, 11) is 0. The fourth-order valence-electron chi connectivity index (χ4n) is 1.04. The van der Waals surface area contributed by atoms with Crippen molar-refractivity contribution in [2.75, 3.05) is 0 Å². The van der Waals surface area contributed by atoms with E-state index < -0.39 is 17.5 Å². The molecule has 0 saturated carbocycles. The zero-order valence-electron chi connectivity index (χ0n) is 7.05. The van der Waals surface area contributed by atoms with Crippen LogP contribution < -0.4 is 0 Å². The number of hydrogen-bond acceptors (Lipinski definition) is 3. The molecule has 0 aliphatic heterocycles. The molecule has 0 aliphatic carbocycles. The zero-order valence-corrected chi connectivity index (χ0v) is 8.69. The quantitative estimate of drug-likeness (QED) is 0.619. The maximum absolute atomic E-state index is 13.3. The third kappa shape index (κ3) is 1.80. The Bertz CT molecular complexity index is 561. The Hall–Kier alpha value is -1.21. The number of benzene rings is 1. The summed E-state index contributed by atoms with van der Waals surface area (Å²) < 4.78 is 39.1. The van der Waals surface area contributed by atoms with Crippen molar-refractivity contribution in [3.05, 3.63) is 33.5 Å². The van der Waals surface area contributed by atoms with Crippen LogP contribution in [0.3, 0.4) is 0 Å². The first kappa shape index (κ1) is 10.3. The highest BCUT2D eigenvalue weighted by molar-refractivity contribution is 7.73. The van der Waals surface area contributed by atoms with Crippen molar-refractivity contribution < 1.29 is 13.2 Å². The zero-order chi connectivity index (χ0) is 11.0. The fraction of sp³-hybridized carbons (Fsp3) is 0. The van der Waals surface area contributed by atoms with E-state index in [1.54, 1.807) is 0 Å². The number of rotatable bonds is 1. The van der Waals surface area contributed by atoms with Crippen molar-refractivity contribution in [3.63, 3.8) is 0 Å². The second-order valence-electron chi connectivity index (χ2n) is 2.64. The highest BCUT2D eigenvalue weighted by Gasteiger charge is 2.16. The van der Waals surface area contributed by atoms with E-state index >= 15 is 0 Å². The van der Waals surface area contributed by atoms with Crippen LogP contribution in [-0.4, -0.2) is 10.2 Å². The van der Waals surface area contributed by atoms with Gasteiger partial charge in [0.15, 0.2) is 21.4 Å². The van der Waals surface area contributed by atoms with Crippen LogP contribution in [0.5, 0.6) is 0 Å². The summed E-state index contributed by atoms with van der Waals surface area (Å²) in [6, 6.07) is 1.97. The summed E-state index contributed by atoms with van der Waals surface area (Å²) in [6.45, 7) is 0. The first-order valence-electron chi connectivity index (χ1n) is 3.79. The van der Waals surface area contributed by atoms with E-state index in [1.807, 2.05) is 0 Å². The number of hydrogen-bond donors (Lipinski definition) is 1. The summed E-state index contributed by atoms with van der Waals surface area (Å²) >= 11 is 5.73. The molecule has 2 nitrogen and oxygen atoms in total. The smallest absolute Gasteiger partial charge is 0.195 e. The van der Waals surface area contributed by atoms with Gasteiger partial charge in [-0.2, -0.15) is 5.10 Å². The van der Waals surface area contributed by atoms with Gasteiger partial charge in [0.05, 0.1) is 5.56 Å². The van der Waals surface area contributed by atoms with Crippen LogP contribution in [0.15, 0.2) is 12.1 Å². The Morgan fingerprint density at radius 2 is 1.93 bits per heavy atom. The largest absolute Gasteiger partial charge is 0.258 e. The van der Waals surface area contributed by atoms with Crippen molar-refractivity contribution in [1.29, 1.82) is 0 Å². The van der Waals surface area contributed by atoms with E-state index in [1.165, 1.54) is 0 Å². The number of nitrogens with zero attached hydrogens (tertiary/aromatic N) is 1. The lowest BCUT2D eigenvalue weighted by atomic mass is 10.2. The molecular weight excluding hydrogens is 245 g/mol. The molecule has 15 heavy (non-hydrogen) atoms. The second-order valence-corrected chi connectivity index (χ2v) is 4.31. The van der Waals surface area contributed by atoms with E-state index in [4.69, 9.17) is 12.2 Å². The molecule has 1 aromatic carbocycles. The van der Waals surface area contributed by atoms with Gasteiger partial charge in [-0.25, -0.2) is 13.2 Å². The van der Waals surface area contributed by atoms with Crippen molar-refractivity contribution in [1.82, 2.24) is 10.2 Å². The minimum absolute atomic E-state index is 0.105. The van der Waals surface area contributed by atoms with Crippen molar-refractivity contribution >= 4 is 23.6 Å². The number of nitrogens with one attached hydrogen (secondary N) is 1. The third-order valence-corrected chi connectivity index (χ3v) is 2.83. The average molecular weight is 248 g/mol. The molecule has 0 aliphatic rings. The molecule has 1 heterocycles. The molecule has 0 fully saturated rings. The van der Waals surface area contributed by atoms with Gasteiger partial charge in [-0.1, -0.05) is 11.3 Å². The van der Waals surface area contributed by atoms with Gasteiger partial charge in [0.1, 0.15) is 5.01 Å². The number of halogens is 3. The molecule has 1 aromatic heterocycles. The van der Waals surface area contributed by atoms with E-state index in [2.05, 4.69) is 10.2 Å². The number of aromatic nitrogens is 2. The maximum atomic E-state index is 13.3. The van der Waals surface area contributed by atoms with Crippen LogP contribution in [0, 0.1) is 21.4 Å². The van der Waals surface area contributed by atoms with Crippen LogP contribution in [0.4, 0.5) is 13.2 Å². The molecule has 78 valence electrons. The lowest BCUT2D eigenvalue weighted by molar-refractivity contribution is 0.449. The van der Waals surface area contributed by atoms with Gasteiger partial charge >= 0.3 is 0 Å². The first-order chi connectivity index (χ1) is 7.09. The number of H-pyrrole nitrogens is 1. The predicted molar refractivity (Wildman–Crippen MR) is 52.6 cm³/mol. The maximum Gasteiger partial charge on any atom is 0.195 e.